The fraction of sp³-hybridized carbons (Fsp3) is 0. The lowest BCUT2D eigenvalue weighted by Gasteiger charge is -1.86. The number of pyridine rings is 1. The SMILES string of the molecule is C#C/C=C\c1ccncc1. The minimum atomic E-state index is 1.08. The van der Waals surface area contributed by atoms with Crippen LogP contribution in [0.2, 0.25) is 0 Å². The van der Waals surface area contributed by atoms with Crippen LogP contribution in [0.25, 0.3) is 6.08 Å². The van der Waals surface area contributed by atoms with Crippen LogP contribution < -0.4 is 0 Å². The predicted molar refractivity (Wildman–Crippen MR) is 42.1 cm³/mol. The normalized spacial score (nSPS) is 9.50. The summed E-state index contributed by atoms with van der Waals surface area (Å²) >= 11 is 0. The van der Waals surface area contributed by atoms with Crippen LogP contribution in [0.4, 0.5) is 0 Å². The van der Waals surface area contributed by atoms with Crippen molar-refractivity contribution in [3.63, 3.8) is 0 Å². The van der Waals surface area contributed by atoms with Crippen LogP contribution >= 0.6 is 0 Å². The Bertz CT molecular complexity index is 254. The van der Waals surface area contributed by atoms with Gasteiger partial charge in [0.1, 0.15) is 0 Å². The minimum absolute atomic E-state index is 1.08. The molecule has 0 saturated carbocycles. The van der Waals surface area contributed by atoms with Gasteiger partial charge in [-0.15, -0.1) is 6.42 Å². The maximum atomic E-state index is 5.02. The molecule has 0 saturated heterocycles. The van der Waals surface area contributed by atoms with E-state index in [9.17, 15) is 0 Å². The molecule has 0 spiro atoms. The van der Waals surface area contributed by atoms with Crippen molar-refractivity contribution in [3.8, 4) is 12.3 Å². The maximum absolute atomic E-state index is 5.02. The summed E-state index contributed by atoms with van der Waals surface area (Å²) in [6.07, 6.45) is 12.0. The average molecular weight is 129 g/mol. The van der Waals surface area contributed by atoms with E-state index in [2.05, 4.69) is 10.9 Å². The van der Waals surface area contributed by atoms with E-state index in [4.69, 9.17) is 6.42 Å². The molecule has 0 aliphatic heterocycles. The Morgan fingerprint density at radius 3 is 2.70 bits per heavy atom. The maximum Gasteiger partial charge on any atom is 0.0273 e. The third-order valence-electron chi connectivity index (χ3n) is 1.08. The molecule has 0 aromatic carbocycles. The van der Waals surface area contributed by atoms with Crippen LogP contribution in [0.3, 0.4) is 0 Å². The fourth-order valence-electron chi connectivity index (χ4n) is 0.619. The molecular weight excluding hydrogens is 122 g/mol. The van der Waals surface area contributed by atoms with Crippen molar-refractivity contribution in [2.24, 2.45) is 0 Å². The molecule has 1 heteroatoms. The second kappa shape index (κ2) is 3.47. The molecule has 0 N–H and O–H groups in total. The Morgan fingerprint density at radius 1 is 1.40 bits per heavy atom. The number of terminal acetylenes is 1. The molecule has 0 aliphatic rings. The van der Waals surface area contributed by atoms with Gasteiger partial charge in [0.05, 0.1) is 0 Å². The number of aromatic nitrogens is 1. The molecule has 0 bridgehead atoms. The molecule has 0 aliphatic carbocycles. The first-order chi connectivity index (χ1) is 4.93. The Labute approximate surface area is 60.4 Å². The number of rotatable bonds is 1. The van der Waals surface area contributed by atoms with Crippen molar-refractivity contribution in [2.45, 2.75) is 0 Å². The zero-order valence-corrected chi connectivity index (χ0v) is 5.49. The van der Waals surface area contributed by atoms with Crippen molar-refractivity contribution in [1.82, 2.24) is 4.98 Å². The van der Waals surface area contributed by atoms with Gasteiger partial charge in [-0.05, 0) is 29.8 Å². The molecule has 48 valence electrons. The molecule has 1 nitrogen and oxygen atoms in total. The van der Waals surface area contributed by atoms with E-state index >= 15 is 0 Å². The lowest BCUT2D eigenvalue weighted by atomic mass is 10.2. The molecule has 0 amide bonds. The van der Waals surface area contributed by atoms with Gasteiger partial charge in [-0.1, -0.05) is 5.92 Å². The molecule has 0 radical (unpaired) electrons. The number of hydrogen-bond donors (Lipinski definition) is 0. The molecule has 1 aromatic rings. The zero-order valence-electron chi connectivity index (χ0n) is 5.49. The van der Waals surface area contributed by atoms with Crippen molar-refractivity contribution >= 4 is 6.08 Å². The van der Waals surface area contributed by atoms with Crippen LogP contribution in [-0.4, -0.2) is 4.98 Å². The monoisotopic (exact) mass is 129 g/mol. The quantitative estimate of drug-likeness (QED) is 0.526. The molecule has 1 heterocycles. The standard InChI is InChI=1S/C9H7N/c1-2-3-4-9-5-7-10-8-6-9/h1,3-8H/b4-3-. The highest BCUT2D eigenvalue weighted by atomic mass is 14.6. The highest BCUT2D eigenvalue weighted by Crippen LogP contribution is 1.97. The molecule has 1 aromatic heterocycles. The van der Waals surface area contributed by atoms with Crippen LogP contribution in [-0.2, 0) is 0 Å². The Kier molecular flexibility index (Phi) is 2.28. The first-order valence-corrected chi connectivity index (χ1v) is 2.96. The summed E-state index contributed by atoms with van der Waals surface area (Å²) in [5.41, 5.74) is 1.08. The highest BCUT2D eigenvalue weighted by Gasteiger charge is 1.79. The van der Waals surface area contributed by atoms with Gasteiger partial charge >= 0.3 is 0 Å². The number of nitrogens with zero attached hydrogens (tertiary/aromatic N) is 1. The summed E-state index contributed by atoms with van der Waals surface area (Å²) in [6.45, 7) is 0. The van der Waals surface area contributed by atoms with Crippen molar-refractivity contribution in [2.75, 3.05) is 0 Å². The zero-order chi connectivity index (χ0) is 7.23. The number of hydrogen-bond acceptors (Lipinski definition) is 1. The summed E-state index contributed by atoms with van der Waals surface area (Å²) in [4.78, 5) is 3.87. The van der Waals surface area contributed by atoms with E-state index < -0.39 is 0 Å². The van der Waals surface area contributed by atoms with E-state index in [-0.39, 0.29) is 0 Å². The smallest absolute Gasteiger partial charge is 0.0273 e. The van der Waals surface area contributed by atoms with Gasteiger partial charge < -0.3 is 0 Å². The third kappa shape index (κ3) is 1.75. The molecular formula is C9H7N. The van der Waals surface area contributed by atoms with Crippen molar-refractivity contribution in [3.05, 3.63) is 36.2 Å². The van der Waals surface area contributed by atoms with Gasteiger partial charge in [-0.2, -0.15) is 0 Å². The van der Waals surface area contributed by atoms with E-state index in [1.165, 1.54) is 0 Å². The van der Waals surface area contributed by atoms with Gasteiger partial charge in [-0.25, -0.2) is 0 Å². The summed E-state index contributed by atoms with van der Waals surface area (Å²) in [5, 5.41) is 0. The second-order valence-corrected chi connectivity index (χ2v) is 1.78. The minimum Gasteiger partial charge on any atom is -0.265 e. The van der Waals surface area contributed by atoms with Gasteiger partial charge in [0.15, 0.2) is 0 Å². The van der Waals surface area contributed by atoms with Gasteiger partial charge in [0, 0.05) is 12.4 Å². The predicted octanol–water partition coefficient (Wildman–Crippen LogP) is 1.73. The molecule has 1 rings (SSSR count). The second-order valence-electron chi connectivity index (χ2n) is 1.78. The van der Waals surface area contributed by atoms with E-state index in [1.807, 2.05) is 18.2 Å². The van der Waals surface area contributed by atoms with E-state index in [1.54, 1.807) is 18.5 Å². The summed E-state index contributed by atoms with van der Waals surface area (Å²) in [7, 11) is 0. The third-order valence-corrected chi connectivity index (χ3v) is 1.08. The lowest BCUT2D eigenvalue weighted by Crippen LogP contribution is -1.70. The molecule has 0 unspecified atom stereocenters. The van der Waals surface area contributed by atoms with Crippen LogP contribution in [0.5, 0.6) is 0 Å². The number of allylic oxidation sites excluding steroid dienone is 1. The van der Waals surface area contributed by atoms with E-state index in [0.29, 0.717) is 0 Å². The average Bonchev–Trinajstić information content (AvgIpc) is 2.03. The highest BCUT2D eigenvalue weighted by molar-refractivity contribution is 5.51. The summed E-state index contributed by atoms with van der Waals surface area (Å²) in [5.74, 6) is 2.42. The van der Waals surface area contributed by atoms with Crippen LogP contribution in [0.1, 0.15) is 5.56 Å². The fourth-order valence-corrected chi connectivity index (χ4v) is 0.619. The van der Waals surface area contributed by atoms with E-state index in [0.717, 1.165) is 5.56 Å². The van der Waals surface area contributed by atoms with Crippen LogP contribution in [0.15, 0.2) is 30.6 Å². The van der Waals surface area contributed by atoms with Crippen LogP contribution in [0, 0.1) is 12.3 Å². The molecule has 10 heavy (non-hydrogen) atoms. The summed E-state index contributed by atoms with van der Waals surface area (Å²) < 4.78 is 0. The van der Waals surface area contributed by atoms with Gasteiger partial charge in [0.2, 0.25) is 0 Å². The largest absolute Gasteiger partial charge is 0.265 e. The topological polar surface area (TPSA) is 12.9 Å². The van der Waals surface area contributed by atoms with Crippen molar-refractivity contribution < 1.29 is 0 Å². The first kappa shape index (κ1) is 6.57. The molecule has 0 fully saturated rings. The lowest BCUT2D eigenvalue weighted by molar-refractivity contribution is 1.32. The summed E-state index contributed by atoms with van der Waals surface area (Å²) in [6, 6.07) is 3.79. The van der Waals surface area contributed by atoms with Gasteiger partial charge in [-0.3, -0.25) is 4.98 Å². The Morgan fingerprint density at radius 2 is 2.10 bits per heavy atom. The van der Waals surface area contributed by atoms with Crippen molar-refractivity contribution in [1.29, 1.82) is 0 Å². The Balaban J connectivity index is 2.79. The van der Waals surface area contributed by atoms with Gasteiger partial charge in [0.25, 0.3) is 0 Å². The first-order valence-electron chi connectivity index (χ1n) is 2.96. The Hall–Kier alpha value is -1.55. The molecule has 0 atom stereocenters.